The van der Waals surface area contributed by atoms with Gasteiger partial charge < -0.3 is 10.1 Å². The number of aryl methyl sites for hydroxylation is 1. The Morgan fingerprint density at radius 2 is 2.10 bits per heavy atom. The zero-order chi connectivity index (χ0) is 14.5. The Kier molecular flexibility index (Phi) is 4.14. The lowest BCUT2D eigenvalue weighted by molar-refractivity contribution is -0.384. The molecule has 1 aromatic heterocycles. The Bertz CT molecular complexity index is 629. The van der Waals surface area contributed by atoms with E-state index < -0.39 is 4.92 Å². The van der Waals surface area contributed by atoms with Crippen molar-refractivity contribution in [2.45, 2.75) is 13.5 Å². The number of benzene rings is 1. The van der Waals surface area contributed by atoms with E-state index in [1.54, 1.807) is 26.3 Å². The molecule has 0 bridgehead atoms. The highest BCUT2D eigenvalue weighted by Crippen LogP contribution is 2.26. The number of anilines is 1. The van der Waals surface area contributed by atoms with Crippen LogP contribution in [0.25, 0.3) is 0 Å². The number of pyridine rings is 1. The van der Waals surface area contributed by atoms with Crippen molar-refractivity contribution < 1.29 is 9.66 Å². The highest BCUT2D eigenvalue weighted by molar-refractivity contribution is 5.60. The number of nitrogens with one attached hydrogen (secondary N) is 1. The van der Waals surface area contributed by atoms with Crippen molar-refractivity contribution in [3.05, 3.63) is 57.8 Å². The Labute approximate surface area is 116 Å². The van der Waals surface area contributed by atoms with E-state index in [0.717, 1.165) is 11.3 Å². The maximum atomic E-state index is 11.1. The van der Waals surface area contributed by atoms with Gasteiger partial charge in [-0.2, -0.15) is 0 Å². The lowest BCUT2D eigenvalue weighted by atomic mass is 10.2. The summed E-state index contributed by atoms with van der Waals surface area (Å²) in [6.07, 6.45) is 1.55. The van der Waals surface area contributed by atoms with Crippen LogP contribution in [0.4, 0.5) is 11.5 Å². The molecule has 20 heavy (non-hydrogen) atoms. The van der Waals surface area contributed by atoms with Gasteiger partial charge in [0.25, 0.3) is 0 Å². The third kappa shape index (κ3) is 2.85. The minimum atomic E-state index is -0.424. The molecule has 0 amide bonds. The first kappa shape index (κ1) is 13.8. The second-order valence-corrected chi connectivity index (χ2v) is 4.25. The fraction of sp³-hybridized carbons (Fsp3) is 0.214. The van der Waals surface area contributed by atoms with Crippen LogP contribution in [0, 0.1) is 17.0 Å². The third-order valence-corrected chi connectivity index (χ3v) is 2.95. The predicted octanol–water partition coefficient (Wildman–Crippen LogP) is 2.92. The molecule has 0 radical (unpaired) electrons. The smallest absolute Gasteiger partial charge is 0.314 e. The van der Waals surface area contributed by atoms with Crippen LogP contribution in [-0.4, -0.2) is 17.0 Å². The Morgan fingerprint density at radius 3 is 2.80 bits per heavy atom. The van der Waals surface area contributed by atoms with Gasteiger partial charge in [0.2, 0.25) is 5.82 Å². The van der Waals surface area contributed by atoms with Gasteiger partial charge in [-0.3, -0.25) is 10.1 Å². The quantitative estimate of drug-likeness (QED) is 0.669. The number of para-hydroxylation sites is 1. The predicted molar refractivity (Wildman–Crippen MR) is 75.9 cm³/mol. The molecule has 6 heteroatoms. The highest BCUT2D eigenvalue weighted by atomic mass is 16.6. The molecule has 0 aliphatic heterocycles. The summed E-state index contributed by atoms with van der Waals surface area (Å²) in [5.41, 5.74) is 1.49. The molecular weight excluding hydrogens is 258 g/mol. The largest absolute Gasteiger partial charge is 0.496 e. The molecule has 1 N–H and O–H groups in total. The molecule has 1 heterocycles. The Morgan fingerprint density at radius 1 is 1.35 bits per heavy atom. The Hall–Kier alpha value is -2.63. The fourth-order valence-electron chi connectivity index (χ4n) is 1.94. The van der Waals surface area contributed by atoms with Crippen molar-refractivity contribution in [3.63, 3.8) is 0 Å². The first-order chi connectivity index (χ1) is 9.63. The summed E-state index contributed by atoms with van der Waals surface area (Å²) < 4.78 is 5.24. The third-order valence-electron chi connectivity index (χ3n) is 2.95. The summed E-state index contributed by atoms with van der Waals surface area (Å²) in [5, 5.41) is 14.1. The number of nitrogens with zero attached hydrogens (tertiary/aromatic N) is 2. The second kappa shape index (κ2) is 6.01. The van der Waals surface area contributed by atoms with Crippen LogP contribution in [0.3, 0.4) is 0 Å². The van der Waals surface area contributed by atoms with E-state index in [9.17, 15) is 10.1 Å². The van der Waals surface area contributed by atoms with Gasteiger partial charge in [0, 0.05) is 23.9 Å². The number of aromatic nitrogens is 1. The van der Waals surface area contributed by atoms with Gasteiger partial charge in [-0.05, 0) is 19.1 Å². The number of ether oxygens (including phenoxy) is 1. The minimum Gasteiger partial charge on any atom is -0.496 e. The summed E-state index contributed by atoms with van der Waals surface area (Å²) in [6, 6.07) is 9.11. The Balaban J connectivity index is 2.23. The van der Waals surface area contributed by atoms with Crippen LogP contribution in [0.5, 0.6) is 5.75 Å². The number of methoxy groups -OCH3 is 1. The van der Waals surface area contributed by atoms with Crippen molar-refractivity contribution in [1.29, 1.82) is 0 Å². The van der Waals surface area contributed by atoms with Crippen LogP contribution in [0.1, 0.15) is 11.1 Å². The van der Waals surface area contributed by atoms with Gasteiger partial charge in [0.1, 0.15) is 5.75 Å². The van der Waals surface area contributed by atoms with E-state index >= 15 is 0 Å². The molecule has 0 saturated carbocycles. The first-order valence-electron chi connectivity index (χ1n) is 6.09. The molecule has 0 aliphatic carbocycles. The number of hydrogen-bond donors (Lipinski definition) is 1. The van der Waals surface area contributed by atoms with Crippen LogP contribution < -0.4 is 10.1 Å². The van der Waals surface area contributed by atoms with Crippen molar-refractivity contribution in [2.24, 2.45) is 0 Å². The molecule has 0 atom stereocenters. The molecule has 0 aliphatic rings. The van der Waals surface area contributed by atoms with Gasteiger partial charge in [0.05, 0.1) is 12.0 Å². The summed E-state index contributed by atoms with van der Waals surface area (Å²) in [5.74, 6) is 0.996. The van der Waals surface area contributed by atoms with E-state index in [1.807, 2.05) is 24.3 Å². The van der Waals surface area contributed by atoms with Crippen LogP contribution in [0.2, 0.25) is 0 Å². The second-order valence-electron chi connectivity index (χ2n) is 4.25. The summed E-state index contributed by atoms with van der Waals surface area (Å²) >= 11 is 0. The SMILES string of the molecule is COc1ccccc1CNc1nccc(C)c1[N+](=O)[O-]. The lowest BCUT2D eigenvalue weighted by Gasteiger charge is -2.10. The van der Waals surface area contributed by atoms with Crippen molar-refractivity contribution in [1.82, 2.24) is 4.98 Å². The van der Waals surface area contributed by atoms with E-state index in [0.29, 0.717) is 12.1 Å². The molecule has 2 aromatic rings. The molecule has 2 rings (SSSR count). The zero-order valence-corrected chi connectivity index (χ0v) is 11.3. The van der Waals surface area contributed by atoms with Crippen molar-refractivity contribution >= 4 is 11.5 Å². The van der Waals surface area contributed by atoms with Crippen LogP contribution in [0.15, 0.2) is 36.5 Å². The zero-order valence-electron chi connectivity index (χ0n) is 11.3. The number of rotatable bonds is 5. The topological polar surface area (TPSA) is 77.3 Å². The first-order valence-corrected chi connectivity index (χ1v) is 6.09. The molecule has 104 valence electrons. The van der Waals surface area contributed by atoms with Crippen molar-refractivity contribution in [3.8, 4) is 5.75 Å². The molecule has 0 saturated heterocycles. The highest BCUT2D eigenvalue weighted by Gasteiger charge is 2.18. The van der Waals surface area contributed by atoms with E-state index in [1.165, 1.54) is 0 Å². The minimum absolute atomic E-state index is 0.00222. The summed E-state index contributed by atoms with van der Waals surface area (Å²) in [7, 11) is 1.59. The van der Waals surface area contributed by atoms with Crippen LogP contribution >= 0.6 is 0 Å². The number of hydrogen-bond acceptors (Lipinski definition) is 5. The molecular formula is C14H15N3O3. The van der Waals surface area contributed by atoms with Gasteiger partial charge in [0.15, 0.2) is 0 Å². The normalized spacial score (nSPS) is 10.1. The summed E-state index contributed by atoms with van der Waals surface area (Å²) in [6.45, 7) is 2.09. The van der Waals surface area contributed by atoms with Gasteiger partial charge in [-0.15, -0.1) is 0 Å². The average molecular weight is 273 g/mol. The van der Waals surface area contributed by atoms with Crippen LogP contribution in [-0.2, 0) is 6.54 Å². The van der Waals surface area contributed by atoms with E-state index in [2.05, 4.69) is 10.3 Å². The van der Waals surface area contributed by atoms with Gasteiger partial charge in [-0.1, -0.05) is 18.2 Å². The maximum Gasteiger partial charge on any atom is 0.314 e. The van der Waals surface area contributed by atoms with Crippen molar-refractivity contribution in [2.75, 3.05) is 12.4 Å². The number of nitro groups is 1. The lowest BCUT2D eigenvalue weighted by Crippen LogP contribution is -2.06. The monoisotopic (exact) mass is 273 g/mol. The van der Waals surface area contributed by atoms with E-state index in [-0.39, 0.29) is 11.5 Å². The van der Waals surface area contributed by atoms with E-state index in [4.69, 9.17) is 4.74 Å². The molecule has 0 unspecified atom stereocenters. The molecule has 0 spiro atoms. The fourth-order valence-corrected chi connectivity index (χ4v) is 1.94. The average Bonchev–Trinajstić information content (AvgIpc) is 2.45. The molecule has 1 aromatic carbocycles. The maximum absolute atomic E-state index is 11.1. The molecule has 0 fully saturated rings. The molecule has 6 nitrogen and oxygen atoms in total. The summed E-state index contributed by atoms with van der Waals surface area (Å²) in [4.78, 5) is 14.7. The van der Waals surface area contributed by atoms with Gasteiger partial charge in [-0.25, -0.2) is 4.98 Å². The standard InChI is InChI=1S/C14H15N3O3/c1-10-7-8-15-14(13(10)17(18)19)16-9-11-5-3-4-6-12(11)20-2/h3-8H,9H2,1-2H3,(H,15,16). The van der Waals surface area contributed by atoms with Gasteiger partial charge >= 0.3 is 5.69 Å².